The molecular formula is C20H16F2N2. The van der Waals surface area contributed by atoms with E-state index in [4.69, 9.17) is 5.41 Å². The maximum absolute atomic E-state index is 13.6. The number of hydrogen-bond acceptors (Lipinski definition) is 2. The quantitative estimate of drug-likeness (QED) is 0.595. The summed E-state index contributed by atoms with van der Waals surface area (Å²) >= 11 is 0. The Balaban J connectivity index is 1.86. The van der Waals surface area contributed by atoms with Crippen molar-refractivity contribution in [1.29, 1.82) is 5.41 Å². The zero-order valence-corrected chi connectivity index (χ0v) is 13.1. The van der Waals surface area contributed by atoms with Crippen LogP contribution in [0.5, 0.6) is 0 Å². The molecule has 0 heterocycles. The molecule has 0 aliphatic carbocycles. The highest BCUT2D eigenvalue weighted by Gasteiger charge is 2.06. The average Bonchev–Trinajstić information content (AvgIpc) is 2.59. The van der Waals surface area contributed by atoms with Gasteiger partial charge in [0.2, 0.25) is 0 Å². The minimum absolute atomic E-state index is 0.261. The van der Waals surface area contributed by atoms with Crippen LogP contribution in [0.25, 0.3) is 11.1 Å². The molecule has 0 unspecified atom stereocenters. The van der Waals surface area contributed by atoms with Gasteiger partial charge in [0.1, 0.15) is 11.6 Å². The molecule has 2 N–H and O–H groups in total. The fraction of sp³-hybridized carbons (Fsp3) is 0.0500. The molecule has 0 bridgehead atoms. The molecule has 2 nitrogen and oxygen atoms in total. The predicted molar refractivity (Wildman–Crippen MR) is 94.1 cm³/mol. The molecule has 0 saturated carbocycles. The van der Waals surface area contributed by atoms with E-state index >= 15 is 0 Å². The lowest BCUT2D eigenvalue weighted by molar-refractivity contribution is 0.618. The summed E-state index contributed by atoms with van der Waals surface area (Å²) in [6, 6.07) is 17.0. The molecule has 0 radical (unpaired) electrons. The molecule has 0 spiro atoms. The topological polar surface area (TPSA) is 35.9 Å². The van der Waals surface area contributed by atoms with Gasteiger partial charge in [-0.2, -0.15) is 0 Å². The van der Waals surface area contributed by atoms with Gasteiger partial charge in [0.15, 0.2) is 0 Å². The SMILES string of the molecule is Cc1cc(Nc2ccc(-c3ccc(F)cc3)cc2)c(C=N)cc1F. The van der Waals surface area contributed by atoms with Gasteiger partial charge < -0.3 is 10.7 Å². The Labute approximate surface area is 139 Å². The molecule has 0 fully saturated rings. The molecule has 24 heavy (non-hydrogen) atoms. The second-order valence-corrected chi connectivity index (χ2v) is 5.54. The van der Waals surface area contributed by atoms with Crippen molar-refractivity contribution in [1.82, 2.24) is 0 Å². The highest BCUT2D eigenvalue weighted by molar-refractivity contribution is 5.87. The molecule has 4 heteroatoms. The van der Waals surface area contributed by atoms with Gasteiger partial charge in [-0.1, -0.05) is 24.3 Å². The Morgan fingerprint density at radius 3 is 2.04 bits per heavy atom. The van der Waals surface area contributed by atoms with Crippen molar-refractivity contribution in [3.63, 3.8) is 0 Å². The van der Waals surface area contributed by atoms with Crippen LogP contribution < -0.4 is 5.32 Å². The zero-order valence-electron chi connectivity index (χ0n) is 13.1. The highest BCUT2D eigenvalue weighted by atomic mass is 19.1. The monoisotopic (exact) mass is 322 g/mol. The third-order valence-electron chi connectivity index (χ3n) is 3.83. The normalized spacial score (nSPS) is 10.5. The zero-order chi connectivity index (χ0) is 17.1. The van der Waals surface area contributed by atoms with Crippen molar-refractivity contribution in [2.45, 2.75) is 6.92 Å². The minimum atomic E-state index is -0.328. The van der Waals surface area contributed by atoms with Gasteiger partial charge in [-0.05, 0) is 60.0 Å². The van der Waals surface area contributed by atoms with Gasteiger partial charge in [0, 0.05) is 23.2 Å². The van der Waals surface area contributed by atoms with Crippen molar-refractivity contribution >= 4 is 17.6 Å². The minimum Gasteiger partial charge on any atom is -0.355 e. The summed E-state index contributed by atoms with van der Waals surface area (Å²) in [5.74, 6) is -0.589. The summed E-state index contributed by atoms with van der Waals surface area (Å²) in [5, 5.41) is 10.6. The number of nitrogens with one attached hydrogen (secondary N) is 2. The van der Waals surface area contributed by atoms with Crippen molar-refractivity contribution in [2.75, 3.05) is 5.32 Å². The number of rotatable bonds is 4. The summed E-state index contributed by atoms with van der Waals surface area (Å²) in [6.07, 6.45) is 1.12. The number of anilines is 2. The molecule has 3 aromatic rings. The van der Waals surface area contributed by atoms with Gasteiger partial charge >= 0.3 is 0 Å². The van der Waals surface area contributed by atoms with E-state index in [0.717, 1.165) is 23.0 Å². The van der Waals surface area contributed by atoms with Crippen LogP contribution in [0.2, 0.25) is 0 Å². The van der Waals surface area contributed by atoms with Crippen LogP contribution in [0.4, 0.5) is 20.2 Å². The van der Waals surface area contributed by atoms with E-state index in [1.807, 2.05) is 24.3 Å². The van der Waals surface area contributed by atoms with E-state index < -0.39 is 0 Å². The predicted octanol–water partition coefficient (Wildman–Crippen LogP) is 5.68. The standard InChI is InChI=1S/C20H16F2N2/c1-13-10-20(16(12-23)11-19(13)22)24-18-8-4-15(5-9-18)14-2-6-17(21)7-3-14/h2-12,23-24H,1H3. The maximum atomic E-state index is 13.6. The Morgan fingerprint density at radius 2 is 1.46 bits per heavy atom. The number of halogens is 2. The first-order valence-corrected chi connectivity index (χ1v) is 7.50. The number of hydrogen-bond donors (Lipinski definition) is 2. The van der Waals surface area contributed by atoms with Crippen LogP contribution in [0, 0.1) is 24.0 Å². The third kappa shape index (κ3) is 3.33. The Bertz CT molecular complexity index is 869. The van der Waals surface area contributed by atoms with Crippen LogP contribution >= 0.6 is 0 Å². The lowest BCUT2D eigenvalue weighted by Gasteiger charge is -2.12. The van der Waals surface area contributed by atoms with Crippen LogP contribution in [0.3, 0.4) is 0 Å². The summed E-state index contributed by atoms with van der Waals surface area (Å²) < 4.78 is 26.6. The summed E-state index contributed by atoms with van der Waals surface area (Å²) in [5.41, 5.74) is 4.42. The molecular weight excluding hydrogens is 306 g/mol. The first-order chi connectivity index (χ1) is 11.6. The smallest absolute Gasteiger partial charge is 0.126 e. The summed E-state index contributed by atoms with van der Waals surface area (Å²) in [4.78, 5) is 0. The Hall–Kier alpha value is -3.01. The number of aryl methyl sites for hydroxylation is 1. The molecule has 3 rings (SSSR count). The van der Waals surface area contributed by atoms with Crippen LogP contribution in [0.1, 0.15) is 11.1 Å². The van der Waals surface area contributed by atoms with E-state index in [-0.39, 0.29) is 11.6 Å². The average molecular weight is 322 g/mol. The van der Waals surface area contributed by atoms with Crippen LogP contribution in [0.15, 0.2) is 60.7 Å². The second kappa shape index (κ2) is 6.62. The van der Waals surface area contributed by atoms with Gasteiger partial charge in [-0.25, -0.2) is 8.78 Å². The molecule has 0 atom stereocenters. The third-order valence-corrected chi connectivity index (χ3v) is 3.83. The Kier molecular flexibility index (Phi) is 4.38. The molecule has 0 aliphatic heterocycles. The summed E-state index contributed by atoms with van der Waals surface area (Å²) in [6.45, 7) is 1.69. The number of benzene rings is 3. The second-order valence-electron chi connectivity index (χ2n) is 5.54. The molecule has 120 valence electrons. The van der Waals surface area contributed by atoms with Crippen molar-refractivity contribution in [3.05, 3.63) is 83.4 Å². The van der Waals surface area contributed by atoms with Gasteiger partial charge in [0.25, 0.3) is 0 Å². The Morgan fingerprint density at radius 1 is 0.875 bits per heavy atom. The van der Waals surface area contributed by atoms with Gasteiger partial charge in [-0.15, -0.1) is 0 Å². The lowest BCUT2D eigenvalue weighted by atomic mass is 10.0. The molecule has 0 aliphatic rings. The van der Waals surface area contributed by atoms with Crippen molar-refractivity contribution in [2.24, 2.45) is 0 Å². The lowest BCUT2D eigenvalue weighted by Crippen LogP contribution is -1.98. The molecule has 0 aromatic heterocycles. The fourth-order valence-electron chi connectivity index (χ4n) is 2.47. The van der Waals surface area contributed by atoms with E-state index in [0.29, 0.717) is 16.8 Å². The highest BCUT2D eigenvalue weighted by Crippen LogP contribution is 2.26. The fourth-order valence-corrected chi connectivity index (χ4v) is 2.47. The van der Waals surface area contributed by atoms with Crippen LogP contribution in [-0.4, -0.2) is 6.21 Å². The van der Waals surface area contributed by atoms with Crippen LogP contribution in [-0.2, 0) is 0 Å². The first kappa shape index (κ1) is 15.9. The summed E-state index contributed by atoms with van der Waals surface area (Å²) in [7, 11) is 0. The van der Waals surface area contributed by atoms with E-state index in [2.05, 4.69) is 5.32 Å². The van der Waals surface area contributed by atoms with Crippen molar-refractivity contribution in [3.8, 4) is 11.1 Å². The van der Waals surface area contributed by atoms with E-state index in [1.54, 1.807) is 25.1 Å². The first-order valence-electron chi connectivity index (χ1n) is 7.50. The maximum Gasteiger partial charge on any atom is 0.126 e. The van der Waals surface area contributed by atoms with Gasteiger partial charge in [-0.3, -0.25) is 0 Å². The van der Waals surface area contributed by atoms with Crippen molar-refractivity contribution < 1.29 is 8.78 Å². The van der Waals surface area contributed by atoms with E-state index in [1.165, 1.54) is 18.2 Å². The van der Waals surface area contributed by atoms with Gasteiger partial charge in [0.05, 0.1) is 0 Å². The largest absolute Gasteiger partial charge is 0.355 e. The molecule has 3 aromatic carbocycles. The van der Waals surface area contributed by atoms with E-state index in [9.17, 15) is 8.78 Å². The molecule has 0 amide bonds. The molecule has 0 saturated heterocycles.